The van der Waals surface area contributed by atoms with E-state index in [-0.39, 0.29) is 18.3 Å². The molecule has 1 fully saturated rings. The van der Waals surface area contributed by atoms with Crippen LogP contribution in [0.2, 0.25) is 0 Å². The van der Waals surface area contributed by atoms with Crippen LogP contribution in [0.5, 0.6) is 0 Å². The Labute approximate surface area is 87.0 Å². The van der Waals surface area contributed by atoms with Crippen molar-refractivity contribution in [2.24, 2.45) is 11.8 Å². The molecule has 1 saturated heterocycles. The largest absolute Gasteiger partial charge is 0.481 e. The zero-order valence-electron chi connectivity index (χ0n) is 8.06. The lowest BCUT2D eigenvalue weighted by atomic mass is 9.88. The van der Waals surface area contributed by atoms with Gasteiger partial charge in [0.05, 0.1) is 13.0 Å². The van der Waals surface area contributed by atoms with Gasteiger partial charge in [0, 0.05) is 12.2 Å². The van der Waals surface area contributed by atoms with E-state index in [4.69, 9.17) is 5.11 Å². The van der Waals surface area contributed by atoms with E-state index in [0.29, 0.717) is 5.75 Å². The van der Waals surface area contributed by atoms with Gasteiger partial charge in [-0.25, -0.2) is 0 Å². The van der Waals surface area contributed by atoms with Gasteiger partial charge in [-0.05, 0) is 18.1 Å². The van der Waals surface area contributed by atoms with Crippen molar-refractivity contribution in [2.75, 3.05) is 18.6 Å². The third kappa shape index (κ3) is 2.90. The van der Waals surface area contributed by atoms with Crippen molar-refractivity contribution in [1.29, 1.82) is 0 Å². The Morgan fingerprint density at radius 3 is 2.86 bits per heavy atom. The zero-order chi connectivity index (χ0) is 10.6. The maximum atomic E-state index is 11.0. The molecule has 1 heterocycles. The summed E-state index contributed by atoms with van der Waals surface area (Å²) in [6.45, 7) is 0. The zero-order valence-corrected chi connectivity index (χ0v) is 8.88. The Kier molecular flexibility index (Phi) is 4.25. The van der Waals surface area contributed by atoms with Gasteiger partial charge in [-0.3, -0.25) is 9.59 Å². The minimum atomic E-state index is -0.800. The van der Waals surface area contributed by atoms with E-state index in [9.17, 15) is 9.59 Å². The monoisotopic (exact) mass is 218 g/mol. The van der Waals surface area contributed by atoms with E-state index in [2.05, 4.69) is 4.74 Å². The summed E-state index contributed by atoms with van der Waals surface area (Å²) < 4.78 is 4.54. The predicted octanol–water partition coefficient (Wildman–Crippen LogP) is 1.00. The minimum Gasteiger partial charge on any atom is -0.481 e. The number of hydrogen-bond acceptors (Lipinski definition) is 4. The molecule has 0 aromatic rings. The van der Waals surface area contributed by atoms with Crippen molar-refractivity contribution in [1.82, 2.24) is 0 Å². The number of thioether (sulfide) groups is 1. The number of carboxylic acids is 1. The molecule has 14 heavy (non-hydrogen) atoms. The first-order chi connectivity index (χ1) is 6.65. The van der Waals surface area contributed by atoms with Crippen LogP contribution in [-0.2, 0) is 14.3 Å². The fourth-order valence-corrected chi connectivity index (χ4v) is 2.90. The molecular formula is C9H14O4S. The van der Waals surface area contributed by atoms with Gasteiger partial charge in [-0.2, -0.15) is 11.8 Å². The van der Waals surface area contributed by atoms with Crippen LogP contribution in [0, 0.1) is 11.8 Å². The average molecular weight is 218 g/mol. The summed E-state index contributed by atoms with van der Waals surface area (Å²) >= 11 is 1.64. The van der Waals surface area contributed by atoms with Crippen molar-refractivity contribution in [3.05, 3.63) is 0 Å². The minimum absolute atomic E-state index is 0.0544. The highest BCUT2D eigenvalue weighted by atomic mass is 32.2. The number of esters is 1. The molecule has 0 amide bonds. The van der Waals surface area contributed by atoms with E-state index in [1.807, 2.05) is 0 Å². The van der Waals surface area contributed by atoms with E-state index in [1.165, 1.54) is 7.11 Å². The molecule has 0 aliphatic carbocycles. The Hall–Kier alpha value is -0.710. The number of rotatable bonds is 3. The van der Waals surface area contributed by atoms with Crippen LogP contribution in [0.4, 0.5) is 0 Å². The summed E-state index contributed by atoms with van der Waals surface area (Å²) in [6.07, 6.45) is 1.02. The average Bonchev–Trinajstić information content (AvgIpc) is 2.18. The van der Waals surface area contributed by atoms with Gasteiger partial charge in [0.1, 0.15) is 0 Å². The third-order valence-corrected chi connectivity index (χ3v) is 3.59. The second-order valence-corrected chi connectivity index (χ2v) is 4.50. The lowest BCUT2D eigenvalue weighted by Gasteiger charge is -2.27. The molecule has 1 N–H and O–H groups in total. The third-order valence-electron chi connectivity index (χ3n) is 2.47. The van der Waals surface area contributed by atoms with Crippen molar-refractivity contribution < 1.29 is 19.4 Å². The standard InChI is InChI=1S/C9H14O4S/c1-13-8(10)4-6-2-3-14-5-7(6)9(11)12/h6-7H,2-5H2,1H3,(H,11,12). The van der Waals surface area contributed by atoms with E-state index < -0.39 is 11.9 Å². The number of carbonyl (C=O) groups excluding carboxylic acids is 1. The molecule has 0 saturated carbocycles. The molecule has 1 aliphatic heterocycles. The Balaban J connectivity index is 2.54. The number of hydrogen-bond donors (Lipinski definition) is 1. The number of carboxylic acid groups (broad SMARTS) is 1. The molecule has 0 aromatic heterocycles. The Morgan fingerprint density at radius 2 is 2.29 bits per heavy atom. The highest BCUT2D eigenvalue weighted by Crippen LogP contribution is 2.31. The predicted molar refractivity (Wildman–Crippen MR) is 53.2 cm³/mol. The summed E-state index contributed by atoms with van der Waals surface area (Å²) in [5.74, 6) is -0.0177. The maximum absolute atomic E-state index is 11.0. The lowest BCUT2D eigenvalue weighted by Crippen LogP contribution is -2.31. The van der Waals surface area contributed by atoms with Crippen molar-refractivity contribution in [3.8, 4) is 0 Å². The Bertz CT molecular complexity index is 229. The lowest BCUT2D eigenvalue weighted by molar-refractivity contribution is -0.146. The molecule has 80 valence electrons. The summed E-state index contributed by atoms with van der Waals surface area (Å²) in [4.78, 5) is 21.9. The van der Waals surface area contributed by atoms with Crippen LogP contribution in [0.15, 0.2) is 0 Å². The summed E-state index contributed by atoms with van der Waals surface area (Å²) in [7, 11) is 1.33. The summed E-state index contributed by atoms with van der Waals surface area (Å²) in [6, 6.07) is 0. The second kappa shape index (κ2) is 5.24. The van der Waals surface area contributed by atoms with Crippen LogP contribution < -0.4 is 0 Å². The molecule has 0 spiro atoms. The smallest absolute Gasteiger partial charge is 0.307 e. The molecule has 5 heteroatoms. The summed E-state index contributed by atoms with van der Waals surface area (Å²) in [5.41, 5.74) is 0. The number of methoxy groups -OCH3 is 1. The van der Waals surface area contributed by atoms with E-state index >= 15 is 0 Å². The maximum Gasteiger partial charge on any atom is 0.307 e. The number of aliphatic carboxylic acids is 1. The van der Waals surface area contributed by atoms with Gasteiger partial charge in [-0.15, -0.1) is 0 Å². The first kappa shape index (κ1) is 11.4. The SMILES string of the molecule is COC(=O)CC1CCSCC1C(=O)O. The number of ether oxygens (including phenoxy) is 1. The van der Waals surface area contributed by atoms with Gasteiger partial charge in [-0.1, -0.05) is 0 Å². The molecule has 4 nitrogen and oxygen atoms in total. The molecule has 0 bridgehead atoms. The van der Waals surface area contributed by atoms with Gasteiger partial charge >= 0.3 is 11.9 Å². The van der Waals surface area contributed by atoms with Gasteiger partial charge in [0.25, 0.3) is 0 Å². The van der Waals surface area contributed by atoms with Crippen molar-refractivity contribution in [3.63, 3.8) is 0 Å². The highest BCUT2D eigenvalue weighted by molar-refractivity contribution is 7.99. The molecule has 2 atom stereocenters. The highest BCUT2D eigenvalue weighted by Gasteiger charge is 2.32. The Morgan fingerprint density at radius 1 is 1.57 bits per heavy atom. The quantitative estimate of drug-likeness (QED) is 0.716. The van der Waals surface area contributed by atoms with Crippen LogP contribution in [0.3, 0.4) is 0 Å². The van der Waals surface area contributed by atoms with E-state index in [0.717, 1.165) is 12.2 Å². The normalized spacial score (nSPS) is 26.9. The van der Waals surface area contributed by atoms with Crippen molar-refractivity contribution in [2.45, 2.75) is 12.8 Å². The van der Waals surface area contributed by atoms with Crippen molar-refractivity contribution >= 4 is 23.7 Å². The van der Waals surface area contributed by atoms with E-state index in [1.54, 1.807) is 11.8 Å². The first-order valence-corrected chi connectivity index (χ1v) is 5.68. The molecule has 2 unspecified atom stereocenters. The molecule has 1 rings (SSSR count). The number of carbonyl (C=O) groups is 2. The van der Waals surface area contributed by atoms with Crippen LogP contribution in [0.25, 0.3) is 0 Å². The first-order valence-electron chi connectivity index (χ1n) is 4.52. The fourth-order valence-electron chi connectivity index (χ4n) is 1.60. The van der Waals surface area contributed by atoms with Gasteiger partial charge < -0.3 is 9.84 Å². The van der Waals surface area contributed by atoms with Crippen LogP contribution in [-0.4, -0.2) is 35.7 Å². The molecule has 1 aliphatic rings. The van der Waals surface area contributed by atoms with Crippen LogP contribution >= 0.6 is 11.8 Å². The molecule has 0 aromatic carbocycles. The van der Waals surface area contributed by atoms with Gasteiger partial charge in [0.2, 0.25) is 0 Å². The molecule has 0 radical (unpaired) electrons. The fraction of sp³-hybridized carbons (Fsp3) is 0.778. The molecular weight excluding hydrogens is 204 g/mol. The second-order valence-electron chi connectivity index (χ2n) is 3.35. The van der Waals surface area contributed by atoms with Crippen LogP contribution in [0.1, 0.15) is 12.8 Å². The van der Waals surface area contributed by atoms with Gasteiger partial charge in [0.15, 0.2) is 0 Å². The summed E-state index contributed by atoms with van der Waals surface area (Å²) in [5, 5.41) is 8.93. The topological polar surface area (TPSA) is 63.6 Å².